The van der Waals surface area contributed by atoms with Gasteiger partial charge in [0.15, 0.2) is 5.82 Å². The molecule has 0 atom stereocenters. The maximum Gasteiger partial charge on any atom is 0.155 e. The minimum absolute atomic E-state index is 0.384. The second-order valence-electron chi connectivity index (χ2n) is 8.46. The predicted octanol–water partition coefficient (Wildman–Crippen LogP) is 4.55. The molecule has 5 nitrogen and oxygen atoms in total. The molecule has 0 N–H and O–H groups in total. The van der Waals surface area contributed by atoms with Crippen LogP contribution in [-0.4, -0.2) is 32.7 Å². The fourth-order valence-corrected chi connectivity index (χ4v) is 5.84. The highest BCUT2D eigenvalue weighted by Gasteiger charge is 2.41. The zero-order valence-electron chi connectivity index (χ0n) is 16.5. The monoisotopic (exact) mass is 401 g/mol. The smallest absolute Gasteiger partial charge is 0.155 e. The fraction of sp³-hybridized carbons (Fsp3) is 0.348. The van der Waals surface area contributed by atoms with E-state index in [4.69, 9.17) is 4.98 Å². The lowest BCUT2D eigenvalue weighted by atomic mass is 9.76. The number of rotatable bonds is 2. The van der Waals surface area contributed by atoms with Crippen molar-refractivity contribution in [1.82, 2.24) is 19.6 Å². The molecule has 1 aliphatic carbocycles. The summed E-state index contributed by atoms with van der Waals surface area (Å²) in [4.78, 5) is 12.2. The van der Waals surface area contributed by atoms with Crippen LogP contribution in [0.4, 0.5) is 5.82 Å². The van der Waals surface area contributed by atoms with Gasteiger partial charge in [0.2, 0.25) is 0 Å². The number of piperidine rings is 1. The van der Waals surface area contributed by atoms with Gasteiger partial charge in [-0.25, -0.2) is 9.50 Å². The van der Waals surface area contributed by atoms with Gasteiger partial charge in [-0.05, 0) is 67.2 Å². The van der Waals surface area contributed by atoms with E-state index in [1.807, 2.05) is 12.4 Å². The Bertz CT molecular complexity index is 1160. The number of hydrogen-bond donors (Lipinski definition) is 0. The quantitative estimate of drug-likeness (QED) is 0.494. The third-order valence-corrected chi connectivity index (χ3v) is 7.39. The van der Waals surface area contributed by atoms with Crippen LogP contribution in [0.25, 0.3) is 16.8 Å². The number of hydrogen-bond acceptors (Lipinski definition) is 5. The van der Waals surface area contributed by atoms with E-state index < -0.39 is 0 Å². The van der Waals surface area contributed by atoms with Crippen LogP contribution in [0, 0.1) is 12.3 Å². The second kappa shape index (κ2) is 6.39. The summed E-state index contributed by atoms with van der Waals surface area (Å²) in [5.41, 5.74) is 7.57. The van der Waals surface area contributed by atoms with Gasteiger partial charge >= 0.3 is 0 Å². The highest BCUT2D eigenvalue weighted by molar-refractivity contribution is 7.08. The minimum Gasteiger partial charge on any atom is -0.355 e. The third kappa shape index (κ3) is 2.69. The fourth-order valence-electron chi connectivity index (χ4n) is 5.20. The van der Waals surface area contributed by atoms with Crippen LogP contribution in [0.2, 0.25) is 0 Å². The molecule has 5 heterocycles. The lowest BCUT2D eigenvalue weighted by Gasteiger charge is -2.40. The molecule has 4 aromatic heterocycles. The van der Waals surface area contributed by atoms with E-state index in [-0.39, 0.29) is 0 Å². The molecule has 0 saturated carbocycles. The van der Waals surface area contributed by atoms with Crippen molar-refractivity contribution in [3.05, 3.63) is 64.4 Å². The summed E-state index contributed by atoms with van der Waals surface area (Å²) < 4.78 is 2.07. The van der Waals surface area contributed by atoms with E-state index in [9.17, 15) is 0 Å². The first-order chi connectivity index (χ1) is 14.2. The molecular weight excluding hydrogens is 378 g/mol. The Labute approximate surface area is 174 Å². The highest BCUT2D eigenvalue weighted by Crippen LogP contribution is 2.44. The standard InChI is InChI=1S/C23H23N5S/c1-16-21(18-5-12-29-15-18)28-20(4-9-25-28)22(26-16)27-10-6-23(7-11-27)13-17-3-2-8-24-19(17)14-23/h2-5,8-9,12,15H,6-7,10-11,13-14H2,1H3. The van der Waals surface area contributed by atoms with Gasteiger partial charge in [0.05, 0.1) is 17.6 Å². The van der Waals surface area contributed by atoms with E-state index in [2.05, 4.69) is 61.4 Å². The molecule has 0 unspecified atom stereocenters. The molecule has 1 fully saturated rings. The van der Waals surface area contributed by atoms with E-state index >= 15 is 0 Å². The molecule has 1 spiro atoms. The Morgan fingerprint density at radius 2 is 1.97 bits per heavy atom. The number of fused-ring (bicyclic) bond motifs is 2. The van der Waals surface area contributed by atoms with Crippen molar-refractivity contribution in [3.63, 3.8) is 0 Å². The molecule has 6 heteroatoms. The van der Waals surface area contributed by atoms with E-state index in [1.54, 1.807) is 11.3 Å². The first-order valence-corrected chi connectivity index (χ1v) is 11.2. The van der Waals surface area contributed by atoms with Crippen molar-refractivity contribution >= 4 is 22.7 Å². The predicted molar refractivity (Wildman–Crippen MR) is 117 cm³/mol. The zero-order valence-corrected chi connectivity index (χ0v) is 17.3. The third-order valence-electron chi connectivity index (χ3n) is 6.71. The summed E-state index contributed by atoms with van der Waals surface area (Å²) in [7, 11) is 0. The molecule has 0 amide bonds. The van der Waals surface area contributed by atoms with E-state index in [0.29, 0.717) is 5.41 Å². The van der Waals surface area contributed by atoms with Gasteiger partial charge in [-0.2, -0.15) is 16.4 Å². The molecule has 29 heavy (non-hydrogen) atoms. The van der Waals surface area contributed by atoms with Gasteiger partial charge < -0.3 is 4.90 Å². The molecule has 1 aliphatic heterocycles. The van der Waals surface area contributed by atoms with Gasteiger partial charge in [-0.15, -0.1) is 0 Å². The maximum absolute atomic E-state index is 5.07. The number of aryl methyl sites for hydroxylation is 1. The summed E-state index contributed by atoms with van der Waals surface area (Å²) in [6.07, 6.45) is 8.51. The van der Waals surface area contributed by atoms with Crippen LogP contribution < -0.4 is 4.90 Å². The van der Waals surface area contributed by atoms with Gasteiger partial charge in [0.25, 0.3) is 0 Å². The number of nitrogens with zero attached hydrogens (tertiary/aromatic N) is 5. The Hall–Kier alpha value is -2.73. The first-order valence-electron chi connectivity index (χ1n) is 10.3. The molecule has 2 aliphatic rings. The molecule has 0 bridgehead atoms. The Kier molecular flexibility index (Phi) is 3.78. The summed E-state index contributed by atoms with van der Waals surface area (Å²) in [5, 5.41) is 8.91. The van der Waals surface area contributed by atoms with Crippen LogP contribution in [-0.2, 0) is 12.8 Å². The Balaban J connectivity index is 1.31. The van der Waals surface area contributed by atoms with Gasteiger partial charge in [-0.3, -0.25) is 4.98 Å². The van der Waals surface area contributed by atoms with Gasteiger partial charge in [0, 0.05) is 35.9 Å². The lowest BCUT2D eigenvalue weighted by molar-refractivity contribution is 0.231. The maximum atomic E-state index is 5.07. The summed E-state index contributed by atoms with van der Waals surface area (Å²) >= 11 is 1.71. The average molecular weight is 402 g/mol. The van der Waals surface area contributed by atoms with Crippen molar-refractivity contribution in [1.29, 1.82) is 0 Å². The van der Waals surface area contributed by atoms with Gasteiger partial charge in [0.1, 0.15) is 5.52 Å². The molecule has 4 aromatic rings. The Morgan fingerprint density at radius 1 is 1.07 bits per heavy atom. The lowest BCUT2D eigenvalue weighted by Crippen LogP contribution is -2.41. The van der Waals surface area contributed by atoms with Crippen molar-refractivity contribution in [2.45, 2.75) is 32.6 Å². The highest BCUT2D eigenvalue weighted by atomic mass is 32.1. The van der Waals surface area contributed by atoms with Crippen LogP contribution in [0.15, 0.2) is 47.4 Å². The van der Waals surface area contributed by atoms with Crippen LogP contribution in [0.3, 0.4) is 0 Å². The SMILES string of the molecule is Cc1nc(N2CCC3(CC2)Cc2cccnc2C3)c2ccnn2c1-c1ccsc1. The van der Waals surface area contributed by atoms with Crippen molar-refractivity contribution in [2.24, 2.45) is 5.41 Å². The van der Waals surface area contributed by atoms with Crippen LogP contribution >= 0.6 is 11.3 Å². The van der Waals surface area contributed by atoms with Crippen molar-refractivity contribution in [2.75, 3.05) is 18.0 Å². The normalized spacial score (nSPS) is 17.9. The largest absolute Gasteiger partial charge is 0.355 e. The molecule has 6 rings (SSSR count). The molecule has 146 valence electrons. The minimum atomic E-state index is 0.384. The number of anilines is 1. The average Bonchev–Trinajstić information content (AvgIpc) is 3.47. The summed E-state index contributed by atoms with van der Waals surface area (Å²) in [6.45, 7) is 4.18. The number of aromatic nitrogens is 4. The molecule has 0 aromatic carbocycles. The van der Waals surface area contributed by atoms with Crippen LogP contribution in [0.1, 0.15) is 29.8 Å². The first kappa shape index (κ1) is 17.2. The summed E-state index contributed by atoms with van der Waals surface area (Å²) in [6, 6.07) is 8.57. The number of pyridine rings is 1. The molecule has 0 radical (unpaired) electrons. The topological polar surface area (TPSA) is 46.3 Å². The van der Waals surface area contributed by atoms with Crippen LogP contribution in [0.5, 0.6) is 0 Å². The van der Waals surface area contributed by atoms with Crippen molar-refractivity contribution in [3.8, 4) is 11.3 Å². The molecular formula is C23H23N5S. The number of thiophene rings is 1. The second-order valence-corrected chi connectivity index (χ2v) is 9.24. The zero-order chi connectivity index (χ0) is 19.4. The van der Waals surface area contributed by atoms with Gasteiger partial charge in [-0.1, -0.05) is 6.07 Å². The van der Waals surface area contributed by atoms with E-state index in [1.165, 1.54) is 36.1 Å². The summed E-state index contributed by atoms with van der Waals surface area (Å²) in [5.74, 6) is 1.07. The van der Waals surface area contributed by atoms with Crippen molar-refractivity contribution < 1.29 is 0 Å². The van der Waals surface area contributed by atoms with E-state index in [0.717, 1.165) is 42.2 Å². The Morgan fingerprint density at radius 3 is 2.76 bits per heavy atom. The molecule has 1 saturated heterocycles.